The predicted octanol–water partition coefficient (Wildman–Crippen LogP) is 0.883. The van der Waals surface area contributed by atoms with Gasteiger partial charge in [-0.25, -0.2) is 4.98 Å². The maximum Gasteiger partial charge on any atom is 0.269 e. The highest BCUT2D eigenvalue weighted by Gasteiger charge is 2.31. The lowest BCUT2D eigenvalue weighted by atomic mass is 10.2. The van der Waals surface area contributed by atoms with Crippen LogP contribution in [0.1, 0.15) is 29.8 Å². The van der Waals surface area contributed by atoms with E-state index in [1.165, 1.54) is 0 Å². The average Bonchev–Trinajstić information content (AvgIpc) is 3.14. The Hall–Kier alpha value is -2.31. The van der Waals surface area contributed by atoms with Crippen LogP contribution in [-0.2, 0) is 14.1 Å². The van der Waals surface area contributed by atoms with Gasteiger partial charge >= 0.3 is 0 Å². The van der Waals surface area contributed by atoms with Crippen molar-refractivity contribution in [3.05, 3.63) is 30.6 Å². The number of ether oxygens (including phenoxy) is 1. The van der Waals surface area contributed by atoms with Crippen LogP contribution in [0, 0.1) is 0 Å². The van der Waals surface area contributed by atoms with Gasteiger partial charge < -0.3 is 14.6 Å². The zero-order valence-electron chi connectivity index (χ0n) is 12.2. The Kier molecular flexibility index (Phi) is 3.64. The molecule has 0 unspecified atom stereocenters. The molecule has 0 aromatic carbocycles. The summed E-state index contributed by atoms with van der Waals surface area (Å²) in [6, 6.07) is 0.0209. The van der Waals surface area contributed by atoms with Gasteiger partial charge in [-0.1, -0.05) is 0 Å². The Balaban J connectivity index is 1.64. The standard InChI is InChI=1S/C14H19N5O2/c1-18-9-15-7-12(18)14(20)17-11-4-3-5-13(11)21-10-6-16-19(2)8-10/h6-9,11,13H,3-5H2,1-2H3,(H,17,20)/t11-,13+/m0/s1. The van der Waals surface area contributed by atoms with Crippen molar-refractivity contribution in [3.8, 4) is 5.75 Å². The van der Waals surface area contributed by atoms with Gasteiger partial charge in [-0.05, 0) is 19.3 Å². The van der Waals surface area contributed by atoms with E-state index in [-0.39, 0.29) is 18.1 Å². The number of rotatable bonds is 4. The second kappa shape index (κ2) is 5.59. The van der Waals surface area contributed by atoms with Gasteiger partial charge in [-0.2, -0.15) is 5.10 Å². The van der Waals surface area contributed by atoms with Crippen molar-refractivity contribution in [3.63, 3.8) is 0 Å². The Morgan fingerprint density at radius 1 is 1.38 bits per heavy atom. The molecule has 1 aliphatic rings. The summed E-state index contributed by atoms with van der Waals surface area (Å²) < 4.78 is 9.35. The van der Waals surface area contributed by atoms with Crippen molar-refractivity contribution in [1.82, 2.24) is 24.6 Å². The number of hydrogen-bond acceptors (Lipinski definition) is 4. The molecule has 0 saturated heterocycles. The minimum atomic E-state index is -0.110. The first-order valence-corrected chi connectivity index (χ1v) is 7.06. The molecule has 7 nitrogen and oxygen atoms in total. The van der Waals surface area contributed by atoms with E-state index in [0.29, 0.717) is 5.69 Å². The monoisotopic (exact) mass is 289 g/mol. The number of nitrogens with zero attached hydrogens (tertiary/aromatic N) is 4. The lowest BCUT2D eigenvalue weighted by Gasteiger charge is -2.21. The summed E-state index contributed by atoms with van der Waals surface area (Å²) in [6.45, 7) is 0. The zero-order chi connectivity index (χ0) is 14.8. The third-order valence-corrected chi connectivity index (χ3v) is 3.79. The fourth-order valence-electron chi connectivity index (χ4n) is 2.68. The largest absolute Gasteiger partial charge is 0.485 e. The molecule has 21 heavy (non-hydrogen) atoms. The number of carbonyl (C=O) groups excluding carboxylic acids is 1. The molecule has 0 spiro atoms. The second-order valence-corrected chi connectivity index (χ2v) is 5.41. The number of nitrogens with one attached hydrogen (secondary N) is 1. The molecule has 1 fully saturated rings. The fourth-order valence-corrected chi connectivity index (χ4v) is 2.68. The van der Waals surface area contributed by atoms with Crippen molar-refractivity contribution in [2.75, 3.05) is 0 Å². The average molecular weight is 289 g/mol. The van der Waals surface area contributed by atoms with E-state index >= 15 is 0 Å². The van der Waals surface area contributed by atoms with Gasteiger partial charge in [0.2, 0.25) is 0 Å². The first-order chi connectivity index (χ1) is 10.1. The van der Waals surface area contributed by atoms with E-state index in [9.17, 15) is 4.79 Å². The number of amides is 1. The van der Waals surface area contributed by atoms with E-state index in [0.717, 1.165) is 25.0 Å². The highest BCUT2D eigenvalue weighted by atomic mass is 16.5. The second-order valence-electron chi connectivity index (χ2n) is 5.41. The van der Waals surface area contributed by atoms with Crippen molar-refractivity contribution < 1.29 is 9.53 Å². The molecule has 1 saturated carbocycles. The van der Waals surface area contributed by atoms with Crippen LogP contribution in [0.2, 0.25) is 0 Å². The lowest BCUT2D eigenvalue weighted by molar-refractivity contribution is 0.0886. The molecule has 2 heterocycles. The highest BCUT2D eigenvalue weighted by Crippen LogP contribution is 2.24. The van der Waals surface area contributed by atoms with Crippen molar-refractivity contribution in [1.29, 1.82) is 0 Å². The van der Waals surface area contributed by atoms with E-state index in [2.05, 4.69) is 15.4 Å². The molecule has 1 aliphatic carbocycles. The summed E-state index contributed by atoms with van der Waals surface area (Å²) in [7, 11) is 3.66. The molecule has 3 rings (SSSR count). The molecule has 2 aromatic heterocycles. The van der Waals surface area contributed by atoms with Gasteiger partial charge in [0.15, 0.2) is 5.75 Å². The number of imidazole rings is 1. The van der Waals surface area contributed by atoms with E-state index in [1.807, 2.05) is 13.2 Å². The molecule has 0 aliphatic heterocycles. The Morgan fingerprint density at radius 2 is 2.24 bits per heavy atom. The molecule has 2 aromatic rings. The first kappa shape index (κ1) is 13.7. The van der Waals surface area contributed by atoms with Gasteiger partial charge in [-0.3, -0.25) is 9.48 Å². The zero-order valence-corrected chi connectivity index (χ0v) is 12.2. The van der Waals surface area contributed by atoms with Crippen LogP contribution >= 0.6 is 0 Å². The van der Waals surface area contributed by atoms with Crippen molar-refractivity contribution >= 4 is 5.91 Å². The summed E-state index contributed by atoms with van der Waals surface area (Å²) >= 11 is 0. The smallest absolute Gasteiger partial charge is 0.269 e. The normalized spacial score (nSPS) is 21.4. The molecular formula is C14H19N5O2. The molecular weight excluding hydrogens is 270 g/mol. The molecule has 7 heteroatoms. The SMILES string of the molecule is Cn1cc(O[C@@H]2CCC[C@@H]2NC(=O)c2cncn2C)cn1. The van der Waals surface area contributed by atoms with Gasteiger partial charge in [0, 0.05) is 14.1 Å². The van der Waals surface area contributed by atoms with E-state index in [1.54, 1.807) is 35.0 Å². The van der Waals surface area contributed by atoms with Gasteiger partial charge in [-0.15, -0.1) is 0 Å². The summed E-state index contributed by atoms with van der Waals surface area (Å²) in [5.41, 5.74) is 0.557. The van der Waals surface area contributed by atoms with Crippen LogP contribution < -0.4 is 10.1 Å². The minimum Gasteiger partial charge on any atom is -0.485 e. The Morgan fingerprint density at radius 3 is 2.90 bits per heavy atom. The number of carbonyl (C=O) groups is 1. The van der Waals surface area contributed by atoms with Gasteiger partial charge in [0.1, 0.15) is 11.8 Å². The number of hydrogen-bond donors (Lipinski definition) is 1. The van der Waals surface area contributed by atoms with Crippen molar-refractivity contribution in [2.24, 2.45) is 14.1 Å². The summed E-state index contributed by atoms with van der Waals surface area (Å²) in [5, 5.41) is 7.14. The van der Waals surface area contributed by atoms with Crippen LogP contribution in [-0.4, -0.2) is 37.4 Å². The molecule has 1 N–H and O–H groups in total. The Labute approximate surface area is 122 Å². The van der Waals surface area contributed by atoms with Gasteiger partial charge in [0.25, 0.3) is 5.91 Å². The van der Waals surface area contributed by atoms with Gasteiger partial charge in [0.05, 0.1) is 31.0 Å². The summed E-state index contributed by atoms with van der Waals surface area (Å²) in [6.07, 6.45) is 9.61. The third kappa shape index (κ3) is 2.91. The summed E-state index contributed by atoms with van der Waals surface area (Å²) in [4.78, 5) is 16.2. The maximum atomic E-state index is 12.2. The first-order valence-electron chi connectivity index (χ1n) is 7.06. The topological polar surface area (TPSA) is 74.0 Å². The molecule has 1 amide bonds. The molecule has 2 atom stereocenters. The number of aryl methyl sites for hydroxylation is 2. The lowest BCUT2D eigenvalue weighted by Crippen LogP contribution is -2.42. The molecule has 0 radical (unpaired) electrons. The third-order valence-electron chi connectivity index (χ3n) is 3.79. The molecule has 0 bridgehead atoms. The van der Waals surface area contributed by atoms with Crippen LogP contribution in [0.5, 0.6) is 5.75 Å². The van der Waals surface area contributed by atoms with E-state index in [4.69, 9.17) is 4.74 Å². The summed E-state index contributed by atoms with van der Waals surface area (Å²) in [5.74, 6) is 0.630. The minimum absolute atomic E-state index is 0.00798. The fraction of sp³-hybridized carbons (Fsp3) is 0.500. The molecule has 112 valence electrons. The highest BCUT2D eigenvalue weighted by molar-refractivity contribution is 5.92. The maximum absolute atomic E-state index is 12.2. The van der Waals surface area contributed by atoms with Crippen LogP contribution in [0.4, 0.5) is 0 Å². The van der Waals surface area contributed by atoms with Crippen LogP contribution in [0.15, 0.2) is 24.9 Å². The number of aromatic nitrogens is 4. The van der Waals surface area contributed by atoms with E-state index < -0.39 is 0 Å². The van der Waals surface area contributed by atoms with Crippen LogP contribution in [0.3, 0.4) is 0 Å². The van der Waals surface area contributed by atoms with Crippen molar-refractivity contribution in [2.45, 2.75) is 31.4 Å². The van der Waals surface area contributed by atoms with Crippen LogP contribution in [0.25, 0.3) is 0 Å². The quantitative estimate of drug-likeness (QED) is 0.907. The predicted molar refractivity (Wildman–Crippen MR) is 75.9 cm³/mol. The Bertz CT molecular complexity index is 633.